The highest BCUT2D eigenvalue weighted by Gasteiger charge is 2.18. The molecule has 0 aliphatic heterocycles. The lowest BCUT2D eigenvalue weighted by Crippen LogP contribution is -2.31. The summed E-state index contributed by atoms with van der Waals surface area (Å²) in [6, 6.07) is 14.0. The summed E-state index contributed by atoms with van der Waals surface area (Å²) >= 11 is 5.85. The summed E-state index contributed by atoms with van der Waals surface area (Å²) in [5, 5.41) is 3.13. The molecule has 0 bridgehead atoms. The van der Waals surface area contributed by atoms with E-state index in [1.807, 2.05) is 25.1 Å². The molecule has 0 saturated carbocycles. The van der Waals surface area contributed by atoms with Gasteiger partial charge in [0.1, 0.15) is 5.75 Å². The van der Waals surface area contributed by atoms with Crippen LogP contribution in [0.15, 0.2) is 48.5 Å². The number of hydrogen-bond donors (Lipinski definition) is 1. The lowest BCUT2D eigenvalue weighted by molar-refractivity contribution is -0.155. The van der Waals surface area contributed by atoms with Crippen LogP contribution in [0.25, 0.3) is 0 Å². The maximum Gasteiger partial charge on any atom is 0.344 e. The van der Waals surface area contributed by atoms with E-state index in [0.717, 1.165) is 5.56 Å². The van der Waals surface area contributed by atoms with E-state index in [-0.39, 0.29) is 6.61 Å². The van der Waals surface area contributed by atoms with Crippen LogP contribution in [0.3, 0.4) is 0 Å². The van der Waals surface area contributed by atoms with Crippen LogP contribution in [0.2, 0.25) is 5.02 Å². The molecule has 2 aromatic rings. The van der Waals surface area contributed by atoms with Crippen LogP contribution < -0.4 is 10.1 Å². The Labute approximate surface area is 145 Å². The third kappa shape index (κ3) is 5.28. The number of nitrogens with one attached hydrogen (secondary N) is 1. The van der Waals surface area contributed by atoms with Gasteiger partial charge in [0.2, 0.25) is 0 Å². The largest absolute Gasteiger partial charge is 0.482 e. The standard InChI is InChI=1S/C18H18ClNO4/c1-12-6-3-4-9-16(12)23-11-17(21)24-13(2)18(22)20-15-8-5-7-14(19)10-15/h3-10,13H,11H2,1-2H3,(H,20,22)/t13-/m0/s1. The highest BCUT2D eigenvalue weighted by molar-refractivity contribution is 6.30. The third-order valence-corrected chi connectivity index (χ3v) is 3.44. The van der Waals surface area contributed by atoms with Crippen molar-refractivity contribution in [2.45, 2.75) is 20.0 Å². The van der Waals surface area contributed by atoms with Crippen LogP contribution >= 0.6 is 11.6 Å². The number of anilines is 1. The van der Waals surface area contributed by atoms with Gasteiger partial charge in [0.15, 0.2) is 12.7 Å². The molecule has 2 rings (SSSR count). The minimum atomic E-state index is -0.947. The van der Waals surface area contributed by atoms with Crippen LogP contribution in [0, 0.1) is 6.92 Å². The number of halogens is 1. The molecule has 126 valence electrons. The van der Waals surface area contributed by atoms with Gasteiger partial charge in [-0.1, -0.05) is 35.9 Å². The van der Waals surface area contributed by atoms with Gasteiger partial charge in [-0.15, -0.1) is 0 Å². The molecule has 0 fully saturated rings. The smallest absolute Gasteiger partial charge is 0.344 e. The fraction of sp³-hybridized carbons (Fsp3) is 0.222. The summed E-state index contributed by atoms with van der Waals surface area (Å²) in [5.41, 5.74) is 1.45. The van der Waals surface area contributed by atoms with E-state index in [1.165, 1.54) is 6.92 Å². The number of para-hydroxylation sites is 1. The minimum Gasteiger partial charge on any atom is -0.482 e. The lowest BCUT2D eigenvalue weighted by Gasteiger charge is -2.14. The molecule has 0 saturated heterocycles. The first-order valence-corrected chi connectivity index (χ1v) is 7.78. The first-order valence-electron chi connectivity index (χ1n) is 7.40. The van der Waals surface area contributed by atoms with Crippen LogP contribution in [-0.2, 0) is 14.3 Å². The number of carbonyl (C=O) groups excluding carboxylic acids is 2. The molecule has 2 aromatic carbocycles. The van der Waals surface area contributed by atoms with Crippen molar-refractivity contribution in [3.8, 4) is 5.75 Å². The van der Waals surface area contributed by atoms with Gasteiger partial charge in [0.05, 0.1) is 0 Å². The summed E-state index contributed by atoms with van der Waals surface area (Å²) in [6.07, 6.45) is -0.947. The molecule has 0 aromatic heterocycles. The summed E-state index contributed by atoms with van der Waals surface area (Å²) in [6.45, 7) is 3.10. The van der Waals surface area contributed by atoms with Gasteiger partial charge < -0.3 is 14.8 Å². The topological polar surface area (TPSA) is 64.6 Å². The Morgan fingerprint density at radius 1 is 1.17 bits per heavy atom. The Kier molecular flexibility index (Phi) is 6.21. The van der Waals surface area contributed by atoms with E-state index in [2.05, 4.69) is 5.32 Å². The van der Waals surface area contributed by atoms with Crippen molar-refractivity contribution < 1.29 is 19.1 Å². The Bertz CT molecular complexity index is 732. The van der Waals surface area contributed by atoms with Crippen molar-refractivity contribution in [3.63, 3.8) is 0 Å². The number of ether oxygens (including phenoxy) is 2. The van der Waals surface area contributed by atoms with E-state index in [0.29, 0.717) is 16.5 Å². The monoisotopic (exact) mass is 347 g/mol. The van der Waals surface area contributed by atoms with Gasteiger partial charge >= 0.3 is 5.97 Å². The molecule has 1 atom stereocenters. The van der Waals surface area contributed by atoms with Crippen LogP contribution in [0.5, 0.6) is 5.75 Å². The second-order valence-corrected chi connectivity index (χ2v) is 5.62. The number of benzene rings is 2. The summed E-state index contributed by atoms with van der Waals surface area (Å²) in [7, 11) is 0. The zero-order chi connectivity index (χ0) is 17.5. The van der Waals surface area contributed by atoms with Gasteiger partial charge in [-0.3, -0.25) is 4.79 Å². The highest BCUT2D eigenvalue weighted by atomic mass is 35.5. The predicted molar refractivity (Wildman–Crippen MR) is 92.3 cm³/mol. The minimum absolute atomic E-state index is 0.264. The number of esters is 1. The van der Waals surface area contributed by atoms with Crippen molar-refractivity contribution >= 4 is 29.2 Å². The van der Waals surface area contributed by atoms with Gasteiger partial charge in [-0.25, -0.2) is 4.79 Å². The van der Waals surface area contributed by atoms with Crippen molar-refractivity contribution in [3.05, 3.63) is 59.1 Å². The first-order chi connectivity index (χ1) is 11.5. The molecule has 0 aliphatic carbocycles. The van der Waals surface area contributed by atoms with Crippen LogP contribution in [-0.4, -0.2) is 24.6 Å². The van der Waals surface area contributed by atoms with Crippen molar-refractivity contribution in [1.29, 1.82) is 0 Å². The van der Waals surface area contributed by atoms with Crippen LogP contribution in [0.1, 0.15) is 12.5 Å². The summed E-state index contributed by atoms with van der Waals surface area (Å²) < 4.78 is 10.5. The molecule has 24 heavy (non-hydrogen) atoms. The van der Waals surface area contributed by atoms with Gasteiger partial charge in [-0.05, 0) is 43.7 Å². The number of carbonyl (C=O) groups is 2. The molecule has 1 amide bonds. The number of rotatable bonds is 6. The lowest BCUT2D eigenvalue weighted by atomic mass is 10.2. The zero-order valence-electron chi connectivity index (χ0n) is 13.4. The van der Waals surface area contributed by atoms with E-state index in [9.17, 15) is 9.59 Å². The maximum absolute atomic E-state index is 12.0. The zero-order valence-corrected chi connectivity index (χ0v) is 14.2. The molecular formula is C18H18ClNO4. The van der Waals surface area contributed by atoms with Crippen LogP contribution in [0.4, 0.5) is 5.69 Å². The summed E-state index contributed by atoms with van der Waals surface area (Å²) in [4.78, 5) is 23.8. The SMILES string of the molecule is Cc1ccccc1OCC(=O)O[C@@H](C)C(=O)Nc1cccc(Cl)c1. The summed E-state index contributed by atoms with van der Waals surface area (Å²) in [5.74, 6) is -0.459. The van der Waals surface area contributed by atoms with E-state index in [1.54, 1.807) is 30.3 Å². The third-order valence-electron chi connectivity index (χ3n) is 3.21. The van der Waals surface area contributed by atoms with Gasteiger partial charge in [0.25, 0.3) is 5.91 Å². The second-order valence-electron chi connectivity index (χ2n) is 5.19. The molecule has 5 nitrogen and oxygen atoms in total. The predicted octanol–water partition coefficient (Wildman–Crippen LogP) is 3.60. The highest BCUT2D eigenvalue weighted by Crippen LogP contribution is 2.17. The maximum atomic E-state index is 12.0. The molecule has 0 heterocycles. The molecule has 0 spiro atoms. The average molecular weight is 348 g/mol. The Morgan fingerprint density at radius 2 is 1.92 bits per heavy atom. The molecule has 0 unspecified atom stereocenters. The van der Waals surface area contributed by atoms with Gasteiger partial charge in [-0.2, -0.15) is 0 Å². The Morgan fingerprint density at radius 3 is 2.62 bits per heavy atom. The van der Waals surface area contributed by atoms with E-state index < -0.39 is 18.0 Å². The van der Waals surface area contributed by atoms with Crippen molar-refractivity contribution in [2.24, 2.45) is 0 Å². The molecule has 0 radical (unpaired) electrons. The second kappa shape index (κ2) is 8.36. The van der Waals surface area contributed by atoms with Crippen molar-refractivity contribution in [1.82, 2.24) is 0 Å². The molecule has 0 aliphatic rings. The first kappa shape index (κ1) is 17.8. The molecular weight excluding hydrogens is 330 g/mol. The normalized spacial score (nSPS) is 11.5. The van der Waals surface area contributed by atoms with E-state index >= 15 is 0 Å². The average Bonchev–Trinajstić information content (AvgIpc) is 2.54. The molecule has 6 heteroatoms. The fourth-order valence-corrected chi connectivity index (χ4v) is 2.14. The number of aryl methyl sites for hydroxylation is 1. The number of hydrogen-bond acceptors (Lipinski definition) is 4. The Hall–Kier alpha value is -2.53. The van der Waals surface area contributed by atoms with Gasteiger partial charge in [0, 0.05) is 10.7 Å². The van der Waals surface area contributed by atoms with Crippen molar-refractivity contribution in [2.75, 3.05) is 11.9 Å². The molecule has 1 N–H and O–H groups in total. The fourth-order valence-electron chi connectivity index (χ4n) is 1.95. The number of amides is 1. The quantitative estimate of drug-likeness (QED) is 0.811. The van der Waals surface area contributed by atoms with E-state index in [4.69, 9.17) is 21.1 Å². The Balaban J connectivity index is 1.82.